The predicted octanol–water partition coefficient (Wildman–Crippen LogP) is 4.29. The molecule has 1 aliphatic heterocycles. The first-order valence-electron chi connectivity index (χ1n) is 9.97. The van der Waals surface area contributed by atoms with E-state index in [0.29, 0.717) is 17.0 Å². The molecule has 2 amide bonds. The summed E-state index contributed by atoms with van der Waals surface area (Å²) in [4.78, 5) is 29.2. The first-order valence-corrected chi connectivity index (χ1v) is 10.8. The van der Waals surface area contributed by atoms with Crippen molar-refractivity contribution in [2.24, 2.45) is 7.05 Å². The number of aromatic nitrogens is 2. The second-order valence-corrected chi connectivity index (χ2v) is 8.70. The van der Waals surface area contributed by atoms with Crippen molar-refractivity contribution in [3.05, 3.63) is 45.9 Å². The average molecular weight is 399 g/mol. The number of hydrogen-bond donors (Lipinski definition) is 1. The Bertz CT molecular complexity index is 898. The van der Waals surface area contributed by atoms with Crippen LogP contribution >= 0.6 is 11.3 Å². The van der Waals surface area contributed by atoms with E-state index >= 15 is 0 Å². The summed E-state index contributed by atoms with van der Waals surface area (Å²) in [5.74, 6) is 0.0953. The number of anilines is 1. The molecule has 0 bridgehead atoms. The first kappa shape index (κ1) is 18.9. The quantitative estimate of drug-likeness (QED) is 0.764. The summed E-state index contributed by atoms with van der Waals surface area (Å²) in [7, 11) is 1.81. The Balaban J connectivity index is 1.42. The van der Waals surface area contributed by atoms with E-state index in [-0.39, 0.29) is 17.9 Å². The van der Waals surface area contributed by atoms with Gasteiger partial charge in [0, 0.05) is 31.1 Å². The molecule has 4 rings (SSSR count). The van der Waals surface area contributed by atoms with E-state index in [1.807, 2.05) is 24.1 Å². The highest BCUT2D eigenvalue weighted by molar-refractivity contribution is 7.14. The zero-order chi connectivity index (χ0) is 19.5. The molecule has 0 saturated carbocycles. The lowest BCUT2D eigenvalue weighted by Crippen LogP contribution is -2.30. The van der Waals surface area contributed by atoms with Crippen LogP contribution in [0.3, 0.4) is 0 Å². The largest absolute Gasteiger partial charge is 0.335 e. The topological polar surface area (TPSA) is 67.2 Å². The minimum atomic E-state index is -0.132. The lowest BCUT2D eigenvalue weighted by Gasteiger charge is -2.25. The molecule has 0 radical (unpaired) electrons. The van der Waals surface area contributed by atoms with Crippen LogP contribution in [0.4, 0.5) is 5.69 Å². The molecule has 0 aromatic carbocycles. The van der Waals surface area contributed by atoms with Gasteiger partial charge >= 0.3 is 0 Å². The van der Waals surface area contributed by atoms with Crippen LogP contribution in [-0.2, 0) is 11.8 Å². The second kappa shape index (κ2) is 8.31. The van der Waals surface area contributed by atoms with Crippen LogP contribution in [0.25, 0.3) is 0 Å². The van der Waals surface area contributed by atoms with Gasteiger partial charge in [0.05, 0.1) is 22.8 Å². The molecule has 148 valence electrons. The summed E-state index contributed by atoms with van der Waals surface area (Å²) >= 11 is 1.48. The predicted molar refractivity (Wildman–Crippen MR) is 110 cm³/mol. The maximum absolute atomic E-state index is 12.9. The van der Waals surface area contributed by atoms with Crippen LogP contribution in [0.2, 0.25) is 0 Å². The van der Waals surface area contributed by atoms with Gasteiger partial charge in [0.1, 0.15) is 0 Å². The number of hydrogen-bond acceptors (Lipinski definition) is 4. The summed E-state index contributed by atoms with van der Waals surface area (Å²) in [5, 5.41) is 6.94. The van der Waals surface area contributed by atoms with Gasteiger partial charge in [-0.25, -0.2) is 0 Å². The van der Waals surface area contributed by atoms with Gasteiger partial charge in [0.25, 0.3) is 5.91 Å². The van der Waals surface area contributed by atoms with Crippen molar-refractivity contribution in [1.29, 1.82) is 0 Å². The number of nitrogens with zero attached hydrogens (tertiary/aromatic N) is 3. The molecule has 28 heavy (non-hydrogen) atoms. The van der Waals surface area contributed by atoms with E-state index in [2.05, 4.69) is 16.5 Å². The van der Waals surface area contributed by atoms with Gasteiger partial charge < -0.3 is 10.2 Å². The molecule has 2 aliphatic rings. The molecular weight excluding hydrogens is 372 g/mol. The molecule has 1 fully saturated rings. The molecule has 2 aromatic heterocycles. The van der Waals surface area contributed by atoms with Gasteiger partial charge in [-0.1, -0.05) is 11.6 Å². The van der Waals surface area contributed by atoms with E-state index in [1.165, 1.54) is 29.8 Å². The van der Waals surface area contributed by atoms with Gasteiger partial charge in [0.2, 0.25) is 5.91 Å². The number of carbonyl (C=O) groups excluding carboxylic acids is 2. The molecule has 1 saturated heterocycles. The molecule has 7 heteroatoms. The van der Waals surface area contributed by atoms with Crippen molar-refractivity contribution in [3.8, 4) is 0 Å². The zero-order valence-corrected chi connectivity index (χ0v) is 17.0. The fourth-order valence-electron chi connectivity index (χ4n) is 4.05. The number of rotatable bonds is 5. The highest BCUT2D eigenvalue weighted by atomic mass is 32.1. The number of allylic oxidation sites excluding steroid dienone is 1. The van der Waals surface area contributed by atoms with E-state index < -0.39 is 0 Å². The summed E-state index contributed by atoms with van der Waals surface area (Å²) < 4.78 is 1.65. The zero-order valence-electron chi connectivity index (χ0n) is 16.2. The lowest BCUT2D eigenvalue weighted by molar-refractivity contribution is -0.131. The third-order valence-corrected chi connectivity index (χ3v) is 6.66. The number of nitrogens with one attached hydrogen (secondary N) is 1. The normalized spacial score (nSPS) is 19.5. The van der Waals surface area contributed by atoms with Crippen molar-refractivity contribution < 1.29 is 9.59 Å². The van der Waals surface area contributed by atoms with Gasteiger partial charge in [-0.05, 0) is 50.7 Å². The number of aryl methyl sites for hydroxylation is 1. The van der Waals surface area contributed by atoms with Crippen molar-refractivity contribution in [3.63, 3.8) is 0 Å². The Morgan fingerprint density at radius 3 is 2.93 bits per heavy atom. The van der Waals surface area contributed by atoms with Gasteiger partial charge in [0.15, 0.2) is 0 Å². The molecule has 1 N–H and O–H groups in total. The number of carbonyl (C=O) groups is 2. The highest BCUT2D eigenvalue weighted by Crippen LogP contribution is 2.37. The van der Waals surface area contributed by atoms with Crippen LogP contribution < -0.4 is 5.32 Å². The Hall–Kier alpha value is -2.41. The van der Waals surface area contributed by atoms with E-state index in [0.717, 1.165) is 37.1 Å². The third kappa shape index (κ3) is 4.19. The average Bonchev–Trinajstić information content (AvgIpc) is 3.42. The standard InChI is InChI=1S/C21H26N4O2S/c1-24-14-16(13-22-24)23-21(27)19-10-9-18(28-19)17-8-5-11-25(17)20(26)12-15-6-3-2-4-7-15/h6,9-10,13-14,17H,2-5,7-8,11-12H2,1H3,(H,23,27)/t17-/m0/s1. The fourth-order valence-corrected chi connectivity index (χ4v) is 5.11. The molecule has 0 unspecified atom stereocenters. The van der Waals surface area contributed by atoms with E-state index in [1.54, 1.807) is 17.1 Å². The smallest absolute Gasteiger partial charge is 0.265 e. The summed E-state index contributed by atoms with van der Waals surface area (Å²) in [5.41, 5.74) is 1.98. The van der Waals surface area contributed by atoms with Crippen molar-refractivity contribution in [1.82, 2.24) is 14.7 Å². The monoisotopic (exact) mass is 398 g/mol. The molecule has 2 aromatic rings. The second-order valence-electron chi connectivity index (χ2n) is 7.59. The molecule has 1 aliphatic carbocycles. The van der Waals surface area contributed by atoms with Crippen LogP contribution in [0.1, 0.15) is 65.5 Å². The fraction of sp³-hybridized carbons (Fsp3) is 0.476. The first-order chi connectivity index (χ1) is 13.6. The molecule has 1 atom stereocenters. The summed E-state index contributed by atoms with van der Waals surface area (Å²) in [6.07, 6.45) is 12.8. The maximum atomic E-state index is 12.9. The Labute approximate surface area is 169 Å². The lowest BCUT2D eigenvalue weighted by atomic mass is 9.96. The van der Waals surface area contributed by atoms with E-state index in [9.17, 15) is 9.59 Å². The molecule has 3 heterocycles. The Morgan fingerprint density at radius 2 is 2.18 bits per heavy atom. The van der Waals surface area contributed by atoms with Crippen molar-refractivity contribution in [2.75, 3.05) is 11.9 Å². The van der Waals surface area contributed by atoms with Crippen LogP contribution in [0.15, 0.2) is 36.2 Å². The van der Waals surface area contributed by atoms with Gasteiger partial charge in [-0.15, -0.1) is 11.3 Å². The van der Waals surface area contributed by atoms with Crippen LogP contribution in [0.5, 0.6) is 0 Å². The minimum absolute atomic E-state index is 0.0987. The number of amides is 2. The Kier molecular flexibility index (Phi) is 5.62. The molecule has 0 spiro atoms. The molecule has 6 nitrogen and oxygen atoms in total. The molecular formula is C21H26N4O2S. The van der Waals surface area contributed by atoms with E-state index in [4.69, 9.17) is 0 Å². The Morgan fingerprint density at radius 1 is 1.29 bits per heavy atom. The van der Waals surface area contributed by atoms with Crippen LogP contribution in [0, 0.1) is 0 Å². The summed E-state index contributed by atoms with van der Waals surface area (Å²) in [6.45, 7) is 0.811. The maximum Gasteiger partial charge on any atom is 0.265 e. The third-order valence-electron chi connectivity index (χ3n) is 5.48. The van der Waals surface area contributed by atoms with Gasteiger partial charge in [-0.3, -0.25) is 14.3 Å². The minimum Gasteiger partial charge on any atom is -0.335 e. The summed E-state index contributed by atoms with van der Waals surface area (Å²) in [6, 6.07) is 3.96. The van der Waals surface area contributed by atoms with Crippen molar-refractivity contribution >= 4 is 28.8 Å². The highest BCUT2D eigenvalue weighted by Gasteiger charge is 2.31. The van der Waals surface area contributed by atoms with Crippen molar-refractivity contribution in [2.45, 2.75) is 51.0 Å². The number of likely N-dealkylation sites (tertiary alicyclic amines) is 1. The number of thiophene rings is 1. The SMILES string of the molecule is Cn1cc(NC(=O)c2ccc([C@@H]3CCCN3C(=O)CC3=CCCCC3)s2)cn1. The van der Waals surface area contributed by atoms with Crippen LogP contribution in [-0.4, -0.2) is 33.0 Å². The van der Waals surface area contributed by atoms with Gasteiger partial charge in [-0.2, -0.15) is 5.10 Å².